The number of carbonyl (C=O) groups is 2. The lowest BCUT2D eigenvalue weighted by atomic mass is 9.77. The third-order valence-corrected chi connectivity index (χ3v) is 9.83. The van der Waals surface area contributed by atoms with Gasteiger partial charge in [0.2, 0.25) is 0 Å². The molecule has 2 saturated carbocycles. The Morgan fingerprint density at radius 1 is 1.23 bits per heavy atom. The Balaban J connectivity index is 1.55. The molecule has 0 spiro atoms. The van der Waals surface area contributed by atoms with Gasteiger partial charge in [0, 0.05) is 18.3 Å². The highest BCUT2D eigenvalue weighted by Crippen LogP contribution is 2.62. The highest BCUT2D eigenvalue weighted by Gasteiger charge is 2.61. The van der Waals surface area contributed by atoms with Crippen LogP contribution in [0.3, 0.4) is 0 Å². The molecule has 0 amide bonds. The van der Waals surface area contributed by atoms with Crippen LogP contribution in [0, 0.1) is 36.0 Å². The predicted octanol–water partition coefficient (Wildman–Crippen LogP) is 5.29. The quantitative estimate of drug-likeness (QED) is 0.399. The van der Waals surface area contributed by atoms with Gasteiger partial charge in [0.15, 0.2) is 5.78 Å². The van der Waals surface area contributed by atoms with Crippen molar-refractivity contribution in [2.75, 3.05) is 0 Å². The maximum Gasteiger partial charge on any atom is 0.342 e. The minimum atomic E-state index is -1.88. The molecule has 0 aliphatic heterocycles. The summed E-state index contributed by atoms with van der Waals surface area (Å²) in [6.45, 7) is 16.8. The van der Waals surface area contributed by atoms with E-state index in [0.717, 1.165) is 17.5 Å². The van der Waals surface area contributed by atoms with Crippen molar-refractivity contribution in [3.8, 4) is 11.3 Å². The lowest BCUT2D eigenvalue weighted by molar-refractivity contribution is -0.144. The van der Waals surface area contributed by atoms with Crippen LogP contribution in [-0.4, -0.2) is 49.6 Å². The molecule has 214 valence electrons. The number of nitrogens with zero attached hydrogens (tertiary/aromatic N) is 2. The van der Waals surface area contributed by atoms with Crippen molar-refractivity contribution in [2.45, 2.75) is 85.2 Å². The van der Waals surface area contributed by atoms with E-state index in [1.807, 2.05) is 51.1 Å². The number of ether oxygens (including phenoxy) is 1. The molecular formula is C33H42N2O5. The summed E-state index contributed by atoms with van der Waals surface area (Å²) in [5.41, 5.74) is 1.95. The van der Waals surface area contributed by atoms with E-state index in [0.29, 0.717) is 41.3 Å². The number of aliphatic hydroxyl groups is 2. The fraction of sp³-hybridized carbons (Fsp3) is 0.545. The van der Waals surface area contributed by atoms with E-state index in [4.69, 9.17) is 4.74 Å². The second kappa shape index (κ2) is 10.1. The van der Waals surface area contributed by atoms with E-state index in [1.165, 1.54) is 0 Å². The monoisotopic (exact) mass is 546 g/mol. The zero-order valence-electron chi connectivity index (χ0n) is 24.5. The summed E-state index contributed by atoms with van der Waals surface area (Å²) in [7, 11) is 0. The summed E-state index contributed by atoms with van der Waals surface area (Å²) in [6, 6.07) is 7.77. The number of aliphatic hydroxyl groups excluding tert-OH is 1. The Morgan fingerprint density at radius 2 is 1.90 bits per heavy atom. The fourth-order valence-electron chi connectivity index (χ4n) is 7.14. The molecule has 7 atom stereocenters. The van der Waals surface area contributed by atoms with E-state index < -0.39 is 35.5 Å². The number of aromatic nitrogens is 2. The second-order valence-electron chi connectivity index (χ2n) is 12.9. The molecule has 2 fully saturated rings. The fourth-order valence-corrected chi connectivity index (χ4v) is 7.14. The van der Waals surface area contributed by atoms with Crippen molar-refractivity contribution < 1.29 is 24.5 Å². The summed E-state index contributed by atoms with van der Waals surface area (Å²) in [5, 5.41) is 28.0. The van der Waals surface area contributed by atoms with Crippen molar-refractivity contribution in [1.29, 1.82) is 0 Å². The average molecular weight is 547 g/mol. The topological polar surface area (TPSA) is 102 Å². The van der Waals surface area contributed by atoms with Gasteiger partial charge in [-0.15, -0.1) is 0 Å². The first-order chi connectivity index (χ1) is 18.8. The summed E-state index contributed by atoms with van der Waals surface area (Å²) in [4.78, 5) is 27.7. The van der Waals surface area contributed by atoms with Crippen molar-refractivity contribution in [3.63, 3.8) is 0 Å². The zero-order valence-corrected chi connectivity index (χ0v) is 24.5. The van der Waals surface area contributed by atoms with Crippen molar-refractivity contribution in [3.05, 3.63) is 65.4 Å². The first-order valence-electron chi connectivity index (χ1n) is 14.5. The van der Waals surface area contributed by atoms with Gasteiger partial charge in [-0.1, -0.05) is 63.3 Å². The van der Waals surface area contributed by atoms with Crippen LogP contribution in [0.1, 0.15) is 69.8 Å². The minimum Gasteiger partial charge on any atom is -0.454 e. The van der Waals surface area contributed by atoms with Crippen molar-refractivity contribution in [1.82, 2.24) is 9.78 Å². The summed E-state index contributed by atoms with van der Waals surface area (Å²) >= 11 is 0. The number of esters is 1. The minimum absolute atomic E-state index is 0.0371. The molecule has 2 aromatic rings. The zero-order chi connectivity index (χ0) is 29.1. The standard InChI is InChI=1S/C33H42N2O5/c1-8-35-17-23(27(34-35)22-12-9-18(2)10-13-22)31(38)40-29-19(3)11-14-24-25(32(24,6)7)15-20(4)30(37)33(39)16-21(5)28(36)26(29)33/h9-10,12-13,15,17,21,24-26,28-29,36,39H,3,8,11,14,16H2,1-2,4-7H3/b20-15+/t21-,24-,25+,26+,28-,29-,33+/m0/s1. The van der Waals surface area contributed by atoms with E-state index >= 15 is 0 Å². The summed E-state index contributed by atoms with van der Waals surface area (Å²) in [6.07, 6.45) is 3.06. The van der Waals surface area contributed by atoms with E-state index in [9.17, 15) is 19.8 Å². The summed E-state index contributed by atoms with van der Waals surface area (Å²) in [5.74, 6) is -1.82. The molecule has 5 rings (SSSR count). The number of ketones is 1. The van der Waals surface area contributed by atoms with Gasteiger partial charge in [0.1, 0.15) is 23.0 Å². The largest absolute Gasteiger partial charge is 0.454 e. The highest BCUT2D eigenvalue weighted by atomic mass is 16.5. The third-order valence-electron chi connectivity index (χ3n) is 9.83. The number of fused-ring (bicyclic) bond motifs is 2. The van der Waals surface area contributed by atoms with Gasteiger partial charge < -0.3 is 14.9 Å². The number of allylic oxidation sites excluding steroid dienone is 1. The van der Waals surface area contributed by atoms with Gasteiger partial charge in [-0.3, -0.25) is 9.48 Å². The molecule has 1 aromatic heterocycles. The molecule has 0 radical (unpaired) electrons. The number of carbonyl (C=O) groups excluding carboxylic acids is 2. The van der Waals surface area contributed by atoms with E-state index in [-0.39, 0.29) is 23.7 Å². The molecule has 0 saturated heterocycles. The number of rotatable bonds is 4. The third kappa shape index (κ3) is 4.67. The smallest absolute Gasteiger partial charge is 0.342 e. The SMILES string of the molecule is C=C1CC[C@H]2[C@@H](/C=C(\C)C(=O)[C@@]3(O)C[C@H](C)[C@H](O)[C@@H]3[C@H]1OC(=O)c1cn(CC)nc1-c1ccc(C)cc1)C2(C)C. The molecule has 3 aliphatic carbocycles. The van der Waals surface area contributed by atoms with Crippen molar-refractivity contribution >= 4 is 11.8 Å². The average Bonchev–Trinajstić information content (AvgIpc) is 3.18. The lowest BCUT2D eigenvalue weighted by Crippen LogP contribution is -2.52. The van der Waals surface area contributed by atoms with E-state index in [2.05, 4.69) is 25.5 Å². The molecule has 7 nitrogen and oxygen atoms in total. The van der Waals surface area contributed by atoms with Gasteiger partial charge in [-0.2, -0.15) is 5.10 Å². The molecule has 40 heavy (non-hydrogen) atoms. The maximum absolute atomic E-state index is 13.9. The van der Waals surface area contributed by atoms with Crippen molar-refractivity contribution in [2.24, 2.45) is 29.1 Å². The Bertz CT molecular complexity index is 1370. The first kappa shape index (κ1) is 28.5. The van der Waals surface area contributed by atoms with Gasteiger partial charge in [-0.25, -0.2) is 4.79 Å². The van der Waals surface area contributed by atoms with Gasteiger partial charge in [0.05, 0.1) is 12.0 Å². The number of hydrogen-bond acceptors (Lipinski definition) is 6. The lowest BCUT2D eigenvalue weighted by Gasteiger charge is -2.36. The molecule has 1 aromatic carbocycles. The molecule has 7 heteroatoms. The van der Waals surface area contributed by atoms with Crippen LogP contribution >= 0.6 is 0 Å². The van der Waals surface area contributed by atoms with Gasteiger partial charge in [0.25, 0.3) is 0 Å². The highest BCUT2D eigenvalue weighted by molar-refractivity contribution is 6.02. The Morgan fingerprint density at radius 3 is 2.55 bits per heavy atom. The molecule has 2 N–H and O–H groups in total. The van der Waals surface area contributed by atoms with Crippen LogP contribution in [0.4, 0.5) is 0 Å². The normalized spacial score (nSPS) is 34.8. The molecule has 1 heterocycles. The number of aryl methyl sites for hydroxylation is 2. The summed E-state index contributed by atoms with van der Waals surface area (Å²) < 4.78 is 7.89. The molecule has 3 aliphatic rings. The number of benzene rings is 1. The molecular weight excluding hydrogens is 504 g/mol. The van der Waals surface area contributed by atoms with E-state index in [1.54, 1.807) is 17.8 Å². The Kier molecular flexibility index (Phi) is 7.20. The van der Waals surface area contributed by atoms with Gasteiger partial charge >= 0.3 is 5.97 Å². The second-order valence-corrected chi connectivity index (χ2v) is 12.9. The van der Waals surface area contributed by atoms with Crippen LogP contribution in [0.2, 0.25) is 0 Å². The van der Waals surface area contributed by atoms with Crippen LogP contribution in [0.15, 0.2) is 54.3 Å². The Hall–Kier alpha value is -3.03. The predicted molar refractivity (Wildman–Crippen MR) is 153 cm³/mol. The molecule has 0 bridgehead atoms. The molecule has 0 unspecified atom stereocenters. The van der Waals surface area contributed by atoms with Gasteiger partial charge in [-0.05, 0) is 74.3 Å². The maximum atomic E-state index is 13.9. The van der Waals surface area contributed by atoms with Crippen LogP contribution < -0.4 is 0 Å². The van der Waals surface area contributed by atoms with Crippen LogP contribution in [0.25, 0.3) is 11.3 Å². The first-order valence-corrected chi connectivity index (χ1v) is 14.5. The van der Waals surface area contributed by atoms with Crippen LogP contribution in [0.5, 0.6) is 0 Å². The van der Waals surface area contributed by atoms with Crippen LogP contribution in [-0.2, 0) is 16.1 Å². The Labute approximate surface area is 236 Å². The number of hydrogen-bond donors (Lipinski definition) is 2. The number of Topliss-reactive ketones (excluding diaryl/α,β-unsaturated/α-hetero) is 1.